The van der Waals surface area contributed by atoms with E-state index in [4.69, 9.17) is 0 Å². The zero-order chi connectivity index (χ0) is 20.2. The van der Waals surface area contributed by atoms with Gasteiger partial charge in [-0.1, -0.05) is 19.9 Å². The average molecular weight is 400 g/mol. The van der Waals surface area contributed by atoms with Gasteiger partial charge in [-0.3, -0.25) is 9.52 Å². The number of benzene rings is 2. The van der Waals surface area contributed by atoms with Crippen LogP contribution in [0.2, 0.25) is 0 Å². The summed E-state index contributed by atoms with van der Waals surface area (Å²) < 4.78 is 65.1. The minimum absolute atomic E-state index is 0.161. The van der Waals surface area contributed by atoms with Gasteiger partial charge in [0, 0.05) is 17.8 Å². The SMILES string of the molecule is CC(C)CC(=O)Nc1ccc(NS(=O)(=O)c2cccc(C(F)(F)F)c2)cc1. The lowest BCUT2D eigenvalue weighted by Crippen LogP contribution is -2.15. The van der Waals surface area contributed by atoms with Crippen molar-refractivity contribution in [2.45, 2.75) is 31.3 Å². The summed E-state index contributed by atoms with van der Waals surface area (Å²) in [5.74, 6) is 0.0332. The molecule has 5 nitrogen and oxygen atoms in total. The van der Waals surface area contributed by atoms with Crippen molar-refractivity contribution in [1.82, 2.24) is 0 Å². The Morgan fingerprint density at radius 2 is 1.63 bits per heavy atom. The van der Waals surface area contributed by atoms with Crippen molar-refractivity contribution in [3.63, 3.8) is 0 Å². The van der Waals surface area contributed by atoms with E-state index in [1.807, 2.05) is 13.8 Å². The van der Waals surface area contributed by atoms with E-state index >= 15 is 0 Å². The van der Waals surface area contributed by atoms with Crippen LogP contribution in [0.3, 0.4) is 0 Å². The Hall–Kier alpha value is -2.55. The second-order valence-electron chi connectivity index (χ2n) is 6.35. The standard InChI is InChI=1S/C18H19F3N2O3S/c1-12(2)10-17(24)22-14-6-8-15(9-7-14)23-27(25,26)16-5-3-4-13(11-16)18(19,20)21/h3-9,11-12,23H,10H2,1-2H3,(H,22,24). The third-order valence-electron chi connectivity index (χ3n) is 3.49. The number of carbonyl (C=O) groups is 1. The molecule has 2 N–H and O–H groups in total. The van der Waals surface area contributed by atoms with Crippen molar-refractivity contribution in [3.05, 3.63) is 54.1 Å². The van der Waals surface area contributed by atoms with Gasteiger partial charge in [0.2, 0.25) is 5.91 Å². The van der Waals surface area contributed by atoms with Crippen LogP contribution in [-0.4, -0.2) is 14.3 Å². The maximum Gasteiger partial charge on any atom is 0.416 e. The topological polar surface area (TPSA) is 75.3 Å². The van der Waals surface area contributed by atoms with Gasteiger partial charge >= 0.3 is 6.18 Å². The van der Waals surface area contributed by atoms with Crippen molar-refractivity contribution < 1.29 is 26.4 Å². The maximum atomic E-state index is 12.8. The minimum atomic E-state index is -4.64. The van der Waals surface area contributed by atoms with E-state index < -0.39 is 26.7 Å². The van der Waals surface area contributed by atoms with Crippen molar-refractivity contribution in [1.29, 1.82) is 0 Å². The quantitative estimate of drug-likeness (QED) is 0.750. The van der Waals surface area contributed by atoms with Gasteiger partial charge in [-0.2, -0.15) is 13.2 Å². The second-order valence-corrected chi connectivity index (χ2v) is 8.04. The molecular weight excluding hydrogens is 381 g/mol. The predicted molar refractivity (Wildman–Crippen MR) is 96.8 cm³/mol. The molecule has 0 fully saturated rings. The molecule has 27 heavy (non-hydrogen) atoms. The Balaban J connectivity index is 2.13. The first-order chi connectivity index (χ1) is 12.5. The Kier molecular flexibility index (Phi) is 6.15. The number of anilines is 2. The predicted octanol–water partition coefficient (Wildman–Crippen LogP) is 4.49. The summed E-state index contributed by atoms with van der Waals surface area (Å²) >= 11 is 0. The monoisotopic (exact) mass is 400 g/mol. The van der Waals surface area contributed by atoms with E-state index in [1.54, 1.807) is 0 Å². The fourth-order valence-electron chi connectivity index (χ4n) is 2.26. The van der Waals surface area contributed by atoms with Crippen LogP contribution in [-0.2, 0) is 21.0 Å². The molecule has 9 heteroatoms. The number of nitrogens with one attached hydrogen (secondary N) is 2. The lowest BCUT2D eigenvalue weighted by atomic mass is 10.1. The molecule has 146 valence electrons. The molecule has 2 rings (SSSR count). The van der Waals surface area contributed by atoms with Crippen LogP contribution in [0.4, 0.5) is 24.5 Å². The highest BCUT2D eigenvalue weighted by Gasteiger charge is 2.31. The highest BCUT2D eigenvalue weighted by atomic mass is 32.2. The number of sulfonamides is 1. The van der Waals surface area contributed by atoms with E-state index in [9.17, 15) is 26.4 Å². The fraction of sp³-hybridized carbons (Fsp3) is 0.278. The number of rotatable bonds is 6. The molecule has 0 heterocycles. The first-order valence-corrected chi connectivity index (χ1v) is 9.56. The molecule has 0 bridgehead atoms. The van der Waals surface area contributed by atoms with Crippen LogP contribution in [0.1, 0.15) is 25.8 Å². The summed E-state index contributed by atoms with van der Waals surface area (Å²) in [6.45, 7) is 3.82. The van der Waals surface area contributed by atoms with E-state index in [-0.39, 0.29) is 17.5 Å². The zero-order valence-corrected chi connectivity index (χ0v) is 15.5. The lowest BCUT2D eigenvalue weighted by molar-refractivity contribution is -0.137. The maximum absolute atomic E-state index is 12.8. The molecule has 2 aromatic carbocycles. The van der Waals surface area contributed by atoms with Crippen molar-refractivity contribution in [2.75, 3.05) is 10.0 Å². The van der Waals surface area contributed by atoms with E-state index in [2.05, 4.69) is 10.0 Å². The van der Waals surface area contributed by atoms with Crippen LogP contribution in [0, 0.1) is 5.92 Å². The molecule has 0 radical (unpaired) electrons. The number of amides is 1. The Labute approximate surface area is 155 Å². The first kappa shape index (κ1) is 20.8. The van der Waals surface area contributed by atoms with Gasteiger partial charge in [-0.05, 0) is 48.4 Å². The molecule has 0 aliphatic rings. The van der Waals surface area contributed by atoms with Crippen molar-refractivity contribution in [3.8, 4) is 0 Å². The largest absolute Gasteiger partial charge is 0.416 e. The highest BCUT2D eigenvalue weighted by Crippen LogP contribution is 2.31. The normalized spacial score (nSPS) is 12.1. The molecule has 0 saturated heterocycles. The van der Waals surface area contributed by atoms with E-state index in [0.717, 1.165) is 18.2 Å². The van der Waals surface area contributed by atoms with Crippen LogP contribution in [0.5, 0.6) is 0 Å². The number of carbonyl (C=O) groups excluding carboxylic acids is 1. The molecule has 0 unspecified atom stereocenters. The van der Waals surface area contributed by atoms with Gasteiger partial charge in [0.25, 0.3) is 10.0 Å². The number of alkyl halides is 3. The lowest BCUT2D eigenvalue weighted by Gasteiger charge is -2.12. The van der Waals surface area contributed by atoms with Crippen LogP contribution >= 0.6 is 0 Å². The Morgan fingerprint density at radius 1 is 1.04 bits per heavy atom. The summed E-state index contributed by atoms with van der Waals surface area (Å²) in [7, 11) is -4.19. The van der Waals surface area contributed by atoms with Crippen LogP contribution < -0.4 is 10.0 Å². The molecule has 0 saturated carbocycles. The molecular formula is C18H19F3N2O3S. The Morgan fingerprint density at radius 3 is 2.19 bits per heavy atom. The summed E-state index contributed by atoms with van der Waals surface area (Å²) in [4.78, 5) is 11.2. The summed E-state index contributed by atoms with van der Waals surface area (Å²) in [6.07, 6.45) is -4.29. The molecule has 0 spiro atoms. The smallest absolute Gasteiger partial charge is 0.326 e. The highest BCUT2D eigenvalue weighted by molar-refractivity contribution is 7.92. The van der Waals surface area contributed by atoms with Gasteiger partial charge in [0.05, 0.1) is 10.5 Å². The minimum Gasteiger partial charge on any atom is -0.326 e. The van der Waals surface area contributed by atoms with Crippen molar-refractivity contribution >= 4 is 27.3 Å². The van der Waals surface area contributed by atoms with Gasteiger partial charge in [-0.25, -0.2) is 8.42 Å². The van der Waals surface area contributed by atoms with Crippen LogP contribution in [0.15, 0.2) is 53.4 Å². The molecule has 0 aliphatic heterocycles. The molecule has 0 aliphatic carbocycles. The molecule has 2 aromatic rings. The summed E-state index contributed by atoms with van der Waals surface area (Å²) in [5.41, 5.74) is -0.398. The first-order valence-electron chi connectivity index (χ1n) is 8.07. The molecule has 0 aromatic heterocycles. The Bertz CT molecular complexity index is 908. The average Bonchev–Trinajstić information content (AvgIpc) is 2.55. The zero-order valence-electron chi connectivity index (χ0n) is 14.7. The van der Waals surface area contributed by atoms with Gasteiger partial charge < -0.3 is 5.32 Å². The number of hydrogen-bond donors (Lipinski definition) is 2. The van der Waals surface area contributed by atoms with Crippen molar-refractivity contribution in [2.24, 2.45) is 5.92 Å². The molecule has 1 amide bonds. The van der Waals surface area contributed by atoms with Gasteiger partial charge in [0.1, 0.15) is 0 Å². The van der Waals surface area contributed by atoms with E-state index in [1.165, 1.54) is 24.3 Å². The van der Waals surface area contributed by atoms with Gasteiger partial charge in [0.15, 0.2) is 0 Å². The third-order valence-corrected chi connectivity index (χ3v) is 4.87. The summed E-state index contributed by atoms with van der Waals surface area (Å²) in [6, 6.07) is 9.32. The molecule has 0 atom stereocenters. The number of hydrogen-bond acceptors (Lipinski definition) is 3. The second kappa shape index (κ2) is 7.99. The fourth-order valence-corrected chi connectivity index (χ4v) is 3.36. The number of halogens is 3. The van der Waals surface area contributed by atoms with Gasteiger partial charge in [-0.15, -0.1) is 0 Å². The third kappa shape index (κ3) is 5.99. The van der Waals surface area contributed by atoms with E-state index in [0.29, 0.717) is 18.2 Å². The summed E-state index contributed by atoms with van der Waals surface area (Å²) in [5, 5.41) is 2.68. The van der Waals surface area contributed by atoms with Crippen LogP contribution in [0.25, 0.3) is 0 Å².